The molecule has 4 rings (SSSR count). The van der Waals surface area contributed by atoms with Gasteiger partial charge in [0, 0.05) is 48.9 Å². The quantitative estimate of drug-likeness (QED) is 0.0149. The average Bonchev–Trinajstić information content (AvgIpc) is 0.857. The summed E-state index contributed by atoms with van der Waals surface area (Å²) in [5.74, 6) is -7.71. The number of hydrogen-bond donors (Lipinski definition) is 22. The first-order valence-electron chi connectivity index (χ1n) is 29.7. The molecule has 5 atom stereocenters. The van der Waals surface area contributed by atoms with Gasteiger partial charge in [-0.25, -0.2) is 0 Å². The standard InChI is InChI=1S/C60H86N22O13/c1-31(75-50(85)37-29-34(17-21-45(37)93-3)79-56(91)43(14-10-26-74-60(69)70)82-51(86)38-28-33(16-20-46(38)94-4)76-53(88)40(61)11-6-7-23-71-57(63)64)49(84)80-41(12-8-24-72-58(65)66)54(89)78-35-18-22-47(95-5)39(30-35)52(87)81-42(13-9-25-73-59(67)68)55(90)77-32-15-19-44(92-2)36(27-32)48(62)83/h15-22,27-31,40-43H,6-14,23-26,61H2,1-5H3,(H2,62,83)(H,75,85)(H,76,88)(H,77,90)(H,78,89)(H,79,91)(H,80,84)(H,81,87)(H,82,86)(H4,63,64,71)(H4,65,66,72)(H4,67,68,73)(H4,69,70,74)/t31-,40+,41+,42+,43+/m0/s1. The SMILES string of the molecule is COc1ccc(NC(=O)[C@@H](CCCNC(=N)N)NC(=O)c2cc(NC(=O)[C@@H](CCCNC(=N)N)NC(=O)[C@H](C)NC(=O)c3cc(NC(=O)[C@@H](CCCNC(=N)N)NC(=O)c4cc(NC(=O)[C@H](N)CCCCNC(=N)N)ccc4OC)ccc3OC)ccc2OC)cc1C(N)=O. The van der Waals surface area contributed by atoms with Crippen molar-refractivity contribution in [3.05, 3.63) is 95.1 Å². The molecule has 0 aliphatic heterocycles. The molecule has 514 valence electrons. The Morgan fingerprint density at radius 2 is 0.674 bits per heavy atom. The van der Waals surface area contributed by atoms with Crippen LogP contribution in [-0.2, 0) is 24.0 Å². The van der Waals surface area contributed by atoms with Crippen LogP contribution in [0, 0.1) is 21.6 Å². The molecule has 0 unspecified atom stereocenters. The van der Waals surface area contributed by atoms with Crippen molar-refractivity contribution >= 4 is 99.8 Å². The van der Waals surface area contributed by atoms with Crippen LogP contribution in [0.5, 0.6) is 23.0 Å². The molecule has 0 fully saturated rings. The maximum absolute atomic E-state index is 14.2. The fourth-order valence-corrected chi connectivity index (χ4v) is 9.14. The summed E-state index contributed by atoms with van der Waals surface area (Å²) in [6.07, 6.45) is 2.07. The number of guanidine groups is 4. The van der Waals surface area contributed by atoms with Crippen LogP contribution in [0.15, 0.2) is 72.8 Å². The van der Waals surface area contributed by atoms with E-state index in [-0.39, 0.29) is 150 Å². The van der Waals surface area contributed by atoms with E-state index >= 15 is 0 Å². The van der Waals surface area contributed by atoms with Gasteiger partial charge in [-0.1, -0.05) is 0 Å². The van der Waals surface area contributed by atoms with E-state index in [1.54, 1.807) is 0 Å². The lowest BCUT2D eigenvalue weighted by molar-refractivity contribution is -0.127. The van der Waals surface area contributed by atoms with Crippen molar-refractivity contribution in [3.63, 3.8) is 0 Å². The molecule has 0 bridgehead atoms. The highest BCUT2D eigenvalue weighted by Crippen LogP contribution is 2.28. The monoisotopic (exact) mass is 1320 g/mol. The van der Waals surface area contributed by atoms with Gasteiger partial charge in [-0.3, -0.25) is 64.8 Å². The van der Waals surface area contributed by atoms with Crippen LogP contribution in [0.1, 0.15) is 106 Å². The highest BCUT2D eigenvalue weighted by Gasteiger charge is 2.30. The zero-order chi connectivity index (χ0) is 70.3. The number of nitrogens with one attached hydrogen (secondary N) is 16. The molecule has 28 N–H and O–H groups in total. The Kier molecular flexibility index (Phi) is 30.5. The van der Waals surface area contributed by atoms with Crippen LogP contribution >= 0.6 is 0 Å². The van der Waals surface area contributed by atoms with Crippen molar-refractivity contribution in [3.8, 4) is 23.0 Å². The number of amides is 9. The summed E-state index contributed by atoms with van der Waals surface area (Å²) in [4.78, 5) is 124. The molecule has 0 aliphatic carbocycles. The molecule has 9 amide bonds. The number of hydrogen-bond acceptors (Lipinski definition) is 18. The molecule has 0 saturated carbocycles. The highest BCUT2D eigenvalue weighted by atomic mass is 16.5. The normalized spacial score (nSPS) is 12.1. The minimum absolute atomic E-state index is 0.00324. The second-order valence-electron chi connectivity index (χ2n) is 21.2. The molecule has 0 heterocycles. The second-order valence-corrected chi connectivity index (χ2v) is 21.2. The Morgan fingerprint density at radius 1 is 0.379 bits per heavy atom. The van der Waals surface area contributed by atoms with E-state index in [2.05, 4.69) is 63.8 Å². The third-order valence-electron chi connectivity index (χ3n) is 14.0. The fourth-order valence-electron chi connectivity index (χ4n) is 9.14. The summed E-state index contributed by atoms with van der Waals surface area (Å²) in [6.45, 7) is 2.19. The summed E-state index contributed by atoms with van der Waals surface area (Å²) in [5, 5.41) is 61.9. The minimum atomic E-state index is -1.35. The lowest BCUT2D eigenvalue weighted by atomic mass is 10.1. The Bertz CT molecular complexity index is 3440. The third kappa shape index (κ3) is 25.2. The first-order valence-corrected chi connectivity index (χ1v) is 29.7. The average molecular weight is 1320 g/mol. The summed E-state index contributed by atoms with van der Waals surface area (Å²) in [6, 6.07) is 10.6. The van der Waals surface area contributed by atoms with Gasteiger partial charge in [-0.2, -0.15) is 0 Å². The van der Waals surface area contributed by atoms with Gasteiger partial charge in [0.1, 0.15) is 47.2 Å². The number of methoxy groups -OCH3 is 4. The number of benzene rings is 4. The highest BCUT2D eigenvalue weighted by molar-refractivity contribution is 6.07. The number of ether oxygens (including phenoxy) is 4. The van der Waals surface area contributed by atoms with E-state index in [9.17, 15) is 43.2 Å². The van der Waals surface area contributed by atoms with Crippen LogP contribution < -0.4 is 117 Å². The molecular formula is C60H86N22O13. The maximum atomic E-state index is 14.2. The third-order valence-corrected chi connectivity index (χ3v) is 14.0. The van der Waals surface area contributed by atoms with Crippen molar-refractivity contribution in [2.24, 2.45) is 34.4 Å². The predicted octanol–water partition coefficient (Wildman–Crippen LogP) is -0.755. The van der Waals surface area contributed by atoms with Crippen molar-refractivity contribution in [1.82, 2.24) is 42.5 Å². The summed E-state index contributed by atoms with van der Waals surface area (Å²) >= 11 is 0. The number of carbonyl (C=O) groups is 9. The topological polar surface area (TPSA) is 586 Å². The Labute approximate surface area is 547 Å². The van der Waals surface area contributed by atoms with E-state index in [4.69, 9.17) is 75.0 Å². The summed E-state index contributed by atoms with van der Waals surface area (Å²) in [7, 11) is 5.25. The number of unbranched alkanes of at least 4 members (excludes halogenated alkanes) is 1. The first-order chi connectivity index (χ1) is 45.2. The predicted molar refractivity (Wildman–Crippen MR) is 356 cm³/mol. The van der Waals surface area contributed by atoms with Gasteiger partial charge in [0.25, 0.3) is 23.6 Å². The molecule has 35 heteroatoms. The molecule has 0 saturated heterocycles. The van der Waals surface area contributed by atoms with E-state index in [0.717, 1.165) is 0 Å². The summed E-state index contributed by atoms with van der Waals surface area (Å²) in [5.41, 5.74) is 33.5. The lowest BCUT2D eigenvalue weighted by Gasteiger charge is -2.23. The fraction of sp³-hybridized carbons (Fsp3) is 0.383. The molecule has 0 spiro atoms. The van der Waals surface area contributed by atoms with Crippen molar-refractivity contribution in [1.29, 1.82) is 21.6 Å². The molecule has 4 aromatic carbocycles. The molecule has 35 nitrogen and oxygen atoms in total. The van der Waals surface area contributed by atoms with Crippen LogP contribution in [0.4, 0.5) is 22.7 Å². The van der Waals surface area contributed by atoms with Gasteiger partial charge >= 0.3 is 0 Å². The van der Waals surface area contributed by atoms with Crippen LogP contribution in [-0.4, -0.2) is 162 Å². The number of primary amides is 1. The lowest BCUT2D eigenvalue weighted by Crippen LogP contribution is -2.51. The molecule has 0 radical (unpaired) electrons. The molecule has 4 aromatic rings. The van der Waals surface area contributed by atoms with E-state index in [1.165, 1.54) is 108 Å². The van der Waals surface area contributed by atoms with Gasteiger partial charge in [-0.15, -0.1) is 0 Å². The van der Waals surface area contributed by atoms with E-state index < -0.39 is 83.4 Å². The van der Waals surface area contributed by atoms with Crippen LogP contribution in [0.3, 0.4) is 0 Å². The largest absolute Gasteiger partial charge is 0.496 e. The smallest absolute Gasteiger partial charge is 0.255 e. The zero-order valence-corrected chi connectivity index (χ0v) is 53.3. The first kappa shape index (κ1) is 75.8. The molecule has 0 aliphatic rings. The van der Waals surface area contributed by atoms with Gasteiger partial charge in [0.15, 0.2) is 23.8 Å². The minimum Gasteiger partial charge on any atom is -0.496 e. The Hall–Kier alpha value is -11.7. The number of anilines is 4. The second kappa shape index (κ2) is 38.3. The Balaban J connectivity index is 1.53. The molecular weight excluding hydrogens is 1240 g/mol. The van der Waals surface area contributed by atoms with Crippen LogP contribution in [0.25, 0.3) is 0 Å². The van der Waals surface area contributed by atoms with Gasteiger partial charge < -0.3 is 117 Å². The van der Waals surface area contributed by atoms with Crippen molar-refractivity contribution in [2.45, 2.75) is 94.9 Å². The number of rotatable bonds is 38. The van der Waals surface area contributed by atoms with Gasteiger partial charge in [0.2, 0.25) is 29.5 Å². The van der Waals surface area contributed by atoms with Gasteiger partial charge in [0.05, 0.1) is 56.7 Å². The van der Waals surface area contributed by atoms with Crippen molar-refractivity contribution in [2.75, 3.05) is 75.9 Å². The number of nitrogens with two attached hydrogens (primary N) is 6. The van der Waals surface area contributed by atoms with Crippen LogP contribution in [0.2, 0.25) is 0 Å². The maximum Gasteiger partial charge on any atom is 0.255 e. The molecule has 95 heavy (non-hydrogen) atoms. The van der Waals surface area contributed by atoms with E-state index in [1.807, 2.05) is 0 Å². The molecule has 0 aromatic heterocycles. The summed E-state index contributed by atoms with van der Waals surface area (Å²) < 4.78 is 21.6. The van der Waals surface area contributed by atoms with E-state index in [0.29, 0.717) is 25.8 Å². The number of carbonyl (C=O) groups excluding carboxylic acids is 9. The van der Waals surface area contributed by atoms with Crippen molar-refractivity contribution < 1.29 is 62.1 Å². The Morgan fingerprint density at radius 3 is 1.00 bits per heavy atom. The van der Waals surface area contributed by atoms with Gasteiger partial charge in [-0.05, 0) is 138 Å². The zero-order valence-electron chi connectivity index (χ0n) is 53.3.